The second-order valence-corrected chi connectivity index (χ2v) is 9.38. The summed E-state index contributed by atoms with van der Waals surface area (Å²) in [6.07, 6.45) is 3.69. The topological polar surface area (TPSA) is 99.6 Å². The number of anilines is 3. The monoisotopic (exact) mass is 565 g/mol. The van der Waals surface area contributed by atoms with Gasteiger partial charge in [0.1, 0.15) is 17.5 Å². The number of nitrogens with one attached hydrogen (secondary N) is 3. The Kier molecular flexibility index (Phi) is 6.10. The number of hydrogen-bond donors (Lipinski definition) is 3. The molecular weight excluding hydrogens is 543 g/mol. The summed E-state index contributed by atoms with van der Waals surface area (Å²) in [6, 6.07) is 5.60. The third-order valence-electron chi connectivity index (χ3n) is 5.61. The van der Waals surface area contributed by atoms with Gasteiger partial charge < -0.3 is 10.6 Å². The van der Waals surface area contributed by atoms with Gasteiger partial charge in [-0.1, -0.05) is 6.07 Å². The van der Waals surface area contributed by atoms with Gasteiger partial charge in [-0.05, 0) is 25.8 Å². The maximum Gasteiger partial charge on any atom is 0.227 e. The second kappa shape index (κ2) is 9.17. The molecule has 0 bridgehead atoms. The number of nitrogens with zero attached hydrogens (tertiary/aromatic N) is 6. The second-order valence-electron chi connectivity index (χ2n) is 8.01. The van der Waals surface area contributed by atoms with E-state index in [1.165, 1.54) is 12.1 Å². The normalized spacial score (nSPS) is 15.3. The number of piperidine rings is 1. The lowest BCUT2D eigenvalue weighted by atomic mass is 10.1. The molecule has 3 aromatic heterocycles. The van der Waals surface area contributed by atoms with Crippen LogP contribution in [0.25, 0.3) is 11.0 Å². The number of aromatic amines is 1. The molecule has 1 aromatic carbocycles. The van der Waals surface area contributed by atoms with E-state index >= 15 is 0 Å². The summed E-state index contributed by atoms with van der Waals surface area (Å²) in [7, 11) is 0. The van der Waals surface area contributed by atoms with E-state index in [1.54, 1.807) is 6.20 Å². The number of H-pyrrole nitrogens is 1. The standard InChI is InChI=1S/C21H22F2IN9/c1-12-8-18(31-30-12)27-19-16-11-26-33(15-4-6-32(24)7-5-15)20(16)29-21(28-19)25-10-13-2-3-14(22)9-17(13)23/h2-3,8-9,11,15H,4-7,10H2,1H3,(H3,25,27,28,29,30,31). The van der Waals surface area contributed by atoms with E-state index in [0.29, 0.717) is 28.8 Å². The van der Waals surface area contributed by atoms with E-state index < -0.39 is 11.6 Å². The largest absolute Gasteiger partial charge is 0.350 e. The van der Waals surface area contributed by atoms with Crippen LogP contribution in [0.5, 0.6) is 0 Å². The van der Waals surface area contributed by atoms with E-state index in [1.807, 2.05) is 17.7 Å². The predicted octanol–water partition coefficient (Wildman–Crippen LogP) is 4.48. The average Bonchev–Trinajstić information content (AvgIpc) is 3.40. The highest BCUT2D eigenvalue weighted by molar-refractivity contribution is 14.1. The molecule has 12 heteroatoms. The van der Waals surface area contributed by atoms with E-state index in [-0.39, 0.29) is 12.6 Å². The Balaban J connectivity index is 1.49. The molecule has 0 aliphatic carbocycles. The fraction of sp³-hybridized carbons (Fsp3) is 0.333. The first-order valence-corrected chi connectivity index (χ1v) is 11.6. The Hall–Kier alpha value is -2.87. The Morgan fingerprint density at radius 1 is 1.18 bits per heavy atom. The van der Waals surface area contributed by atoms with Gasteiger partial charge in [-0.25, -0.2) is 16.6 Å². The Morgan fingerprint density at radius 2 is 2.00 bits per heavy atom. The number of rotatable bonds is 6. The maximum absolute atomic E-state index is 14.1. The minimum absolute atomic E-state index is 0.111. The third kappa shape index (κ3) is 4.76. The zero-order valence-corrected chi connectivity index (χ0v) is 20.0. The molecule has 0 amide bonds. The summed E-state index contributed by atoms with van der Waals surface area (Å²) >= 11 is 2.34. The molecule has 0 spiro atoms. The summed E-state index contributed by atoms with van der Waals surface area (Å²) in [5.41, 5.74) is 1.92. The third-order valence-corrected chi connectivity index (χ3v) is 6.58. The molecule has 5 rings (SSSR count). The summed E-state index contributed by atoms with van der Waals surface area (Å²) in [4.78, 5) is 9.29. The highest BCUT2D eigenvalue weighted by atomic mass is 127. The molecule has 0 radical (unpaired) electrons. The van der Waals surface area contributed by atoms with Crippen LogP contribution < -0.4 is 10.6 Å². The van der Waals surface area contributed by atoms with Gasteiger partial charge in [0.05, 0.1) is 17.6 Å². The fourth-order valence-corrected chi connectivity index (χ4v) is 4.45. The zero-order valence-electron chi connectivity index (χ0n) is 17.8. The van der Waals surface area contributed by atoms with Crippen LogP contribution in [-0.4, -0.2) is 46.1 Å². The van der Waals surface area contributed by atoms with Gasteiger partial charge in [0.15, 0.2) is 11.5 Å². The van der Waals surface area contributed by atoms with Crippen LogP contribution in [0.4, 0.5) is 26.4 Å². The SMILES string of the molecule is Cc1cc(Nc2nc(NCc3ccc(F)cc3F)nc3c2cnn3C2CCN(I)CC2)n[nH]1. The first-order valence-electron chi connectivity index (χ1n) is 10.6. The van der Waals surface area contributed by atoms with Crippen LogP contribution in [0.1, 0.15) is 30.1 Å². The Morgan fingerprint density at radius 3 is 2.73 bits per heavy atom. The molecule has 1 aliphatic heterocycles. The van der Waals surface area contributed by atoms with Crippen molar-refractivity contribution in [2.24, 2.45) is 0 Å². The molecule has 9 nitrogen and oxygen atoms in total. The first kappa shape index (κ1) is 21.9. The highest BCUT2D eigenvalue weighted by Gasteiger charge is 2.23. The number of aryl methyl sites for hydroxylation is 1. The summed E-state index contributed by atoms with van der Waals surface area (Å²) in [5, 5.41) is 18.8. The van der Waals surface area contributed by atoms with Crippen LogP contribution in [0.3, 0.4) is 0 Å². The van der Waals surface area contributed by atoms with Crippen molar-refractivity contribution in [1.82, 2.24) is 33.1 Å². The average molecular weight is 565 g/mol. The van der Waals surface area contributed by atoms with E-state index in [2.05, 4.69) is 56.9 Å². The molecule has 0 atom stereocenters. The van der Waals surface area contributed by atoms with Gasteiger partial charge in [0, 0.05) is 65.9 Å². The van der Waals surface area contributed by atoms with Gasteiger partial charge in [0.25, 0.3) is 0 Å². The minimum atomic E-state index is -0.621. The van der Waals surface area contributed by atoms with E-state index in [0.717, 1.165) is 43.1 Å². The number of hydrogen-bond acceptors (Lipinski definition) is 7. The molecule has 1 fully saturated rings. The molecule has 3 N–H and O–H groups in total. The molecule has 4 heterocycles. The molecule has 33 heavy (non-hydrogen) atoms. The van der Waals surface area contributed by atoms with Crippen molar-refractivity contribution in [2.75, 3.05) is 23.7 Å². The number of benzene rings is 1. The van der Waals surface area contributed by atoms with E-state index in [9.17, 15) is 8.78 Å². The van der Waals surface area contributed by atoms with Crippen molar-refractivity contribution in [3.63, 3.8) is 0 Å². The van der Waals surface area contributed by atoms with Gasteiger partial charge in [-0.15, -0.1) is 0 Å². The summed E-state index contributed by atoms with van der Waals surface area (Å²) < 4.78 is 31.6. The van der Waals surface area contributed by atoms with Crippen LogP contribution in [0, 0.1) is 18.6 Å². The smallest absolute Gasteiger partial charge is 0.227 e. The molecule has 0 saturated carbocycles. The first-order chi connectivity index (χ1) is 16.0. The molecule has 1 saturated heterocycles. The lowest BCUT2D eigenvalue weighted by Gasteiger charge is -2.27. The molecule has 172 valence electrons. The van der Waals surface area contributed by atoms with Crippen molar-refractivity contribution < 1.29 is 8.78 Å². The van der Waals surface area contributed by atoms with Gasteiger partial charge in [-0.3, -0.25) is 5.10 Å². The summed E-state index contributed by atoms with van der Waals surface area (Å²) in [5.74, 6) is 0.245. The van der Waals surface area contributed by atoms with Crippen molar-refractivity contribution >= 4 is 51.5 Å². The number of halogens is 3. The predicted molar refractivity (Wildman–Crippen MR) is 129 cm³/mol. The van der Waals surface area contributed by atoms with Crippen molar-refractivity contribution in [3.8, 4) is 0 Å². The van der Waals surface area contributed by atoms with Gasteiger partial charge >= 0.3 is 0 Å². The fourth-order valence-electron chi connectivity index (χ4n) is 3.89. The van der Waals surface area contributed by atoms with Crippen LogP contribution in [0.2, 0.25) is 0 Å². The lowest BCUT2D eigenvalue weighted by Crippen LogP contribution is -2.28. The lowest BCUT2D eigenvalue weighted by molar-refractivity contribution is 0.295. The van der Waals surface area contributed by atoms with Crippen molar-refractivity contribution in [3.05, 3.63) is 53.4 Å². The molecule has 4 aromatic rings. The molecular formula is C21H22F2IN9. The van der Waals surface area contributed by atoms with Crippen LogP contribution >= 0.6 is 22.9 Å². The zero-order chi connectivity index (χ0) is 22.9. The van der Waals surface area contributed by atoms with Gasteiger partial charge in [0.2, 0.25) is 5.95 Å². The van der Waals surface area contributed by atoms with Crippen molar-refractivity contribution in [1.29, 1.82) is 0 Å². The maximum atomic E-state index is 14.1. The molecule has 0 unspecified atom stereocenters. The Bertz CT molecular complexity index is 1280. The minimum Gasteiger partial charge on any atom is -0.350 e. The van der Waals surface area contributed by atoms with Crippen LogP contribution in [0.15, 0.2) is 30.5 Å². The van der Waals surface area contributed by atoms with Crippen molar-refractivity contribution in [2.45, 2.75) is 32.4 Å². The summed E-state index contributed by atoms with van der Waals surface area (Å²) in [6.45, 7) is 3.98. The van der Waals surface area contributed by atoms with Gasteiger partial charge in [-0.2, -0.15) is 20.2 Å². The number of aromatic nitrogens is 6. The van der Waals surface area contributed by atoms with E-state index in [4.69, 9.17) is 4.98 Å². The quantitative estimate of drug-likeness (QED) is 0.234. The van der Waals surface area contributed by atoms with Crippen LogP contribution in [-0.2, 0) is 6.54 Å². The number of fused-ring (bicyclic) bond motifs is 1. The molecule has 1 aliphatic rings. The Labute approximate surface area is 202 Å². The highest BCUT2D eigenvalue weighted by Crippen LogP contribution is 2.30.